The van der Waals surface area contributed by atoms with Gasteiger partial charge in [0.05, 0.1) is 12.5 Å². The smallest absolute Gasteiger partial charge is 0.313 e. The van der Waals surface area contributed by atoms with Crippen molar-refractivity contribution in [1.82, 2.24) is 0 Å². The van der Waals surface area contributed by atoms with Gasteiger partial charge in [-0.25, -0.2) is 0 Å². The van der Waals surface area contributed by atoms with Crippen LogP contribution >= 0.6 is 0 Å². The number of ether oxygens (including phenoxy) is 1. The SMILES string of the molecule is CCCCCCCCC(C(=O)OCCCCCCCCCCc1ccccc1)c1ccccc1. The van der Waals surface area contributed by atoms with Crippen molar-refractivity contribution in [3.05, 3.63) is 71.8 Å². The van der Waals surface area contributed by atoms with E-state index in [0.717, 1.165) is 31.2 Å². The van der Waals surface area contributed by atoms with Gasteiger partial charge in [0.15, 0.2) is 0 Å². The maximum Gasteiger partial charge on any atom is 0.313 e. The molecule has 0 aliphatic heterocycles. The van der Waals surface area contributed by atoms with Crippen LogP contribution in [0.1, 0.15) is 120 Å². The minimum absolute atomic E-state index is 0.0295. The maximum absolute atomic E-state index is 12.8. The van der Waals surface area contributed by atoms with Gasteiger partial charge in [-0.1, -0.05) is 145 Å². The van der Waals surface area contributed by atoms with Gasteiger partial charge < -0.3 is 4.74 Å². The topological polar surface area (TPSA) is 26.3 Å². The molecule has 0 fully saturated rings. The summed E-state index contributed by atoms with van der Waals surface area (Å²) < 4.78 is 5.72. The molecule has 2 aromatic carbocycles. The first-order valence-electron chi connectivity index (χ1n) is 14.1. The Labute approximate surface area is 209 Å². The maximum atomic E-state index is 12.8. The van der Waals surface area contributed by atoms with Crippen LogP contribution < -0.4 is 0 Å². The average Bonchev–Trinajstić information content (AvgIpc) is 2.88. The van der Waals surface area contributed by atoms with Crippen molar-refractivity contribution in [2.75, 3.05) is 6.61 Å². The Hall–Kier alpha value is -2.09. The number of carbonyl (C=O) groups is 1. The molecule has 34 heavy (non-hydrogen) atoms. The standard InChI is InChI=1S/C32H48O2/c1-2-3-4-5-11-20-27-31(30-25-18-14-19-26-30)32(33)34-28-21-12-9-7-6-8-10-15-22-29-23-16-13-17-24-29/h13-14,16-19,23-26,31H,2-12,15,20-22,27-28H2,1H3. The zero-order valence-electron chi connectivity index (χ0n) is 21.7. The van der Waals surface area contributed by atoms with E-state index in [4.69, 9.17) is 4.74 Å². The Morgan fingerprint density at radius 3 is 1.82 bits per heavy atom. The van der Waals surface area contributed by atoms with Crippen LogP contribution in [0.4, 0.5) is 0 Å². The van der Waals surface area contributed by atoms with E-state index in [1.165, 1.54) is 82.6 Å². The summed E-state index contributed by atoms with van der Waals surface area (Å²) in [6, 6.07) is 21.0. The van der Waals surface area contributed by atoms with Crippen LogP contribution in [0.2, 0.25) is 0 Å². The van der Waals surface area contributed by atoms with Crippen LogP contribution in [-0.2, 0) is 16.0 Å². The zero-order valence-corrected chi connectivity index (χ0v) is 21.7. The molecule has 0 amide bonds. The first kappa shape index (κ1) is 28.1. The van der Waals surface area contributed by atoms with E-state index in [1.807, 2.05) is 18.2 Å². The molecule has 0 heterocycles. The van der Waals surface area contributed by atoms with Gasteiger partial charge in [0.2, 0.25) is 0 Å². The normalized spacial score (nSPS) is 11.9. The molecule has 0 N–H and O–H groups in total. The summed E-state index contributed by atoms with van der Waals surface area (Å²) >= 11 is 0. The zero-order chi connectivity index (χ0) is 24.1. The highest BCUT2D eigenvalue weighted by atomic mass is 16.5. The summed E-state index contributed by atoms with van der Waals surface area (Å²) in [4.78, 5) is 12.8. The van der Waals surface area contributed by atoms with E-state index in [9.17, 15) is 4.79 Å². The van der Waals surface area contributed by atoms with E-state index in [-0.39, 0.29) is 11.9 Å². The highest BCUT2D eigenvalue weighted by Crippen LogP contribution is 2.25. The second-order valence-corrected chi connectivity index (χ2v) is 9.75. The van der Waals surface area contributed by atoms with Crippen molar-refractivity contribution in [3.63, 3.8) is 0 Å². The molecule has 1 atom stereocenters. The number of rotatable bonds is 20. The van der Waals surface area contributed by atoms with Crippen molar-refractivity contribution >= 4 is 5.97 Å². The van der Waals surface area contributed by atoms with Gasteiger partial charge in [-0.2, -0.15) is 0 Å². The minimum Gasteiger partial charge on any atom is -0.465 e. The molecule has 0 bridgehead atoms. The lowest BCUT2D eigenvalue weighted by atomic mass is 9.93. The summed E-state index contributed by atoms with van der Waals surface area (Å²) in [5.41, 5.74) is 2.56. The molecular weight excluding hydrogens is 416 g/mol. The van der Waals surface area contributed by atoms with Gasteiger partial charge in [0, 0.05) is 0 Å². The lowest BCUT2D eigenvalue weighted by Crippen LogP contribution is -2.17. The second kappa shape index (κ2) is 19.2. The van der Waals surface area contributed by atoms with Crippen molar-refractivity contribution in [2.24, 2.45) is 0 Å². The first-order valence-corrected chi connectivity index (χ1v) is 14.1. The number of aryl methyl sites for hydroxylation is 1. The molecule has 2 heteroatoms. The molecule has 0 saturated carbocycles. The molecule has 0 aromatic heterocycles. The lowest BCUT2D eigenvalue weighted by Gasteiger charge is -2.16. The predicted octanol–water partition coefficient (Wildman–Crippen LogP) is 9.43. The second-order valence-electron chi connectivity index (χ2n) is 9.75. The monoisotopic (exact) mass is 464 g/mol. The van der Waals surface area contributed by atoms with Crippen molar-refractivity contribution in [1.29, 1.82) is 0 Å². The fourth-order valence-corrected chi connectivity index (χ4v) is 4.64. The van der Waals surface area contributed by atoms with Crippen molar-refractivity contribution in [2.45, 2.75) is 116 Å². The van der Waals surface area contributed by atoms with Crippen LogP contribution in [0.25, 0.3) is 0 Å². The van der Waals surface area contributed by atoms with Gasteiger partial charge in [-0.3, -0.25) is 4.79 Å². The molecule has 0 radical (unpaired) electrons. The molecule has 0 spiro atoms. The summed E-state index contributed by atoms with van der Waals surface area (Å²) in [6.07, 6.45) is 19.5. The van der Waals surface area contributed by atoms with Crippen LogP contribution in [0.5, 0.6) is 0 Å². The van der Waals surface area contributed by atoms with Crippen LogP contribution in [0.15, 0.2) is 60.7 Å². The number of carbonyl (C=O) groups excluding carboxylic acids is 1. The van der Waals surface area contributed by atoms with E-state index >= 15 is 0 Å². The largest absolute Gasteiger partial charge is 0.465 e. The predicted molar refractivity (Wildman–Crippen MR) is 145 cm³/mol. The fourth-order valence-electron chi connectivity index (χ4n) is 4.64. The molecule has 0 saturated heterocycles. The third kappa shape index (κ3) is 13.0. The number of esters is 1. The summed E-state index contributed by atoms with van der Waals surface area (Å²) in [5, 5.41) is 0. The first-order chi connectivity index (χ1) is 16.8. The number of hydrogen-bond acceptors (Lipinski definition) is 2. The Bertz CT molecular complexity index is 725. The molecule has 2 aromatic rings. The third-order valence-electron chi connectivity index (χ3n) is 6.78. The molecule has 2 nitrogen and oxygen atoms in total. The van der Waals surface area contributed by atoms with Crippen LogP contribution in [0, 0.1) is 0 Å². The summed E-state index contributed by atoms with van der Waals surface area (Å²) in [7, 11) is 0. The summed E-state index contributed by atoms with van der Waals surface area (Å²) in [6.45, 7) is 2.81. The van der Waals surface area contributed by atoms with Gasteiger partial charge in [-0.15, -0.1) is 0 Å². The van der Waals surface area contributed by atoms with Gasteiger partial charge in [-0.05, 0) is 36.8 Å². The molecule has 1 unspecified atom stereocenters. The fraction of sp³-hybridized carbons (Fsp3) is 0.594. The van der Waals surface area contributed by atoms with Crippen molar-refractivity contribution < 1.29 is 9.53 Å². The Kier molecular flexibility index (Phi) is 15.9. The molecule has 2 rings (SSSR count). The minimum atomic E-state index is -0.108. The third-order valence-corrected chi connectivity index (χ3v) is 6.78. The number of unbranched alkanes of at least 4 members (excludes halogenated alkanes) is 12. The molecule has 0 aliphatic rings. The lowest BCUT2D eigenvalue weighted by molar-refractivity contribution is -0.145. The van der Waals surface area contributed by atoms with E-state index in [1.54, 1.807) is 0 Å². The van der Waals surface area contributed by atoms with Crippen LogP contribution in [0.3, 0.4) is 0 Å². The highest BCUT2D eigenvalue weighted by molar-refractivity contribution is 5.78. The quantitative estimate of drug-likeness (QED) is 0.144. The highest BCUT2D eigenvalue weighted by Gasteiger charge is 2.21. The number of hydrogen-bond donors (Lipinski definition) is 0. The Morgan fingerprint density at radius 1 is 0.647 bits per heavy atom. The van der Waals surface area contributed by atoms with E-state index in [0.29, 0.717) is 6.61 Å². The molecular formula is C32H48O2. The van der Waals surface area contributed by atoms with E-state index < -0.39 is 0 Å². The van der Waals surface area contributed by atoms with Gasteiger partial charge >= 0.3 is 5.97 Å². The molecule has 188 valence electrons. The van der Waals surface area contributed by atoms with Gasteiger partial charge in [0.25, 0.3) is 0 Å². The molecule has 0 aliphatic carbocycles. The Balaban J connectivity index is 1.52. The van der Waals surface area contributed by atoms with Crippen LogP contribution in [-0.4, -0.2) is 12.6 Å². The summed E-state index contributed by atoms with van der Waals surface area (Å²) in [5.74, 6) is -0.138. The van der Waals surface area contributed by atoms with E-state index in [2.05, 4.69) is 49.4 Å². The number of benzene rings is 2. The van der Waals surface area contributed by atoms with Crippen molar-refractivity contribution in [3.8, 4) is 0 Å². The average molecular weight is 465 g/mol. The van der Waals surface area contributed by atoms with Gasteiger partial charge in [0.1, 0.15) is 0 Å². The Morgan fingerprint density at radius 2 is 1.18 bits per heavy atom.